The van der Waals surface area contributed by atoms with E-state index in [1.807, 2.05) is 0 Å². The third-order valence-electron chi connectivity index (χ3n) is 2.38. The SMILES string of the molecule is CC(=O)OCC(=O)NCCC(O)c1cccc(Cl)c1. The molecular weight excluding hydrogens is 270 g/mol. The third kappa shape index (κ3) is 6.22. The molecule has 0 bridgehead atoms. The lowest BCUT2D eigenvalue weighted by atomic mass is 10.1. The highest BCUT2D eigenvalue weighted by atomic mass is 35.5. The van der Waals surface area contributed by atoms with Crippen LogP contribution in [0.25, 0.3) is 0 Å². The van der Waals surface area contributed by atoms with Gasteiger partial charge < -0.3 is 15.2 Å². The molecule has 0 saturated heterocycles. The molecular formula is C13H16ClNO4. The Kier molecular flexibility index (Phi) is 6.32. The molecule has 5 nitrogen and oxygen atoms in total. The summed E-state index contributed by atoms with van der Waals surface area (Å²) in [6.45, 7) is 1.21. The smallest absolute Gasteiger partial charge is 0.303 e. The lowest BCUT2D eigenvalue weighted by Crippen LogP contribution is -2.30. The van der Waals surface area contributed by atoms with Crippen LogP contribution in [0.1, 0.15) is 25.0 Å². The Balaban J connectivity index is 2.29. The number of esters is 1. The van der Waals surface area contributed by atoms with Crippen LogP contribution in [0.4, 0.5) is 0 Å². The first-order chi connectivity index (χ1) is 8.99. The second-order valence-corrected chi connectivity index (χ2v) is 4.43. The van der Waals surface area contributed by atoms with E-state index in [1.54, 1.807) is 24.3 Å². The molecule has 2 N–H and O–H groups in total. The molecule has 19 heavy (non-hydrogen) atoms. The molecule has 0 radical (unpaired) electrons. The van der Waals surface area contributed by atoms with Crippen molar-refractivity contribution in [2.45, 2.75) is 19.4 Å². The predicted molar refractivity (Wildman–Crippen MR) is 70.7 cm³/mol. The average molecular weight is 286 g/mol. The number of ether oxygens (including phenoxy) is 1. The Morgan fingerprint density at radius 2 is 2.21 bits per heavy atom. The molecule has 0 saturated carbocycles. The van der Waals surface area contributed by atoms with Crippen molar-refractivity contribution in [3.05, 3.63) is 34.9 Å². The summed E-state index contributed by atoms with van der Waals surface area (Å²) < 4.78 is 4.53. The largest absolute Gasteiger partial charge is 0.456 e. The van der Waals surface area contributed by atoms with Gasteiger partial charge in [0.05, 0.1) is 6.10 Å². The number of aliphatic hydroxyl groups excluding tert-OH is 1. The van der Waals surface area contributed by atoms with Gasteiger partial charge in [-0.25, -0.2) is 0 Å². The molecule has 0 spiro atoms. The van der Waals surface area contributed by atoms with Crippen LogP contribution in [0, 0.1) is 0 Å². The summed E-state index contributed by atoms with van der Waals surface area (Å²) in [6, 6.07) is 6.91. The van der Waals surface area contributed by atoms with E-state index in [-0.39, 0.29) is 13.2 Å². The summed E-state index contributed by atoms with van der Waals surface area (Å²) in [6.07, 6.45) is -0.348. The van der Waals surface area contributed by atoms with Crippen molar-refractivity contribution in [3.63, 3.8) is 0 Å². The fourth-order valence-corrected chi connectivity index (χ4v) is 1.65. The molecule has 0 aliphatic heterocycles. The second kappa shape index (κ2) is 7.76. The van der Waals surface area contributed by atoms with Gasteiger partial charge in [0.1, 0.15) is 0 Å². The Labute approximate surface area is 116 Å². The van der Waals surface area contributed by atoms with Gasteiger partial charge in [-0.05, 0) is 24.1 Å². The zero-order valence-corrected chi connectivity index (χ0v) is 11.3. The fraction of sp³-hybridized carbons (Fsp3) is 0.385. The van der Waals surface area contributed by atoms with Crippen LogP contribution < -0.4 is 5.32 Å². The molecule has 104 valence electrons. The van der Waals surface area contributed by atoms with Crippen LogP contribution in [0.5, 0.6) is 0 Å². The van der Waals surface area contributed by atoms with Crippen LogP contribution in [0.15, 0.2) is 24.3 Å². The van der Waals surface area contributed by atoms with E-state index in [9.17, 15) is 14.7 Å². The molecule has 0 heterocycles. The second-order valence-electron chi connectivity index (χ2n) is 3.99. The van der Waals surface area contributed by atoms with Crippen LogP contribution in [-0.2, 0) is 14.3 Å². The van der Waals surface area contributed by atoms with E-state index in [4.69, 9.17) is 11.6 Å². The first kappa shape index (κ1) is 15.5. The van der Waals surface area contributed by atoms with Crippen molar-refractivity contribution >= 4 is 23.5 Å². The summed E-state index contributed by atoms with van der Waals surface area (Å²) in [5, 5.41) is 13.0. The van der Waals surface area contributed by atoms with Gasteiger partial charge in [0.2, 0.25) is 0 Å². The molecule has 0 aliphatic rings. The molecule has 0 aromatic heterocycles. The molecule has 0 fully saturated rings. The van der Waals surface area contributed by atoms with Gasteiger partial charge >= 0.3 is 5.97 Å². The lowest BCUT2D eigenvalue weighted by molar-refractivity contribution is -0.146. The molecule has 1 aromatic rings. The molecule has 1 atom stereocenters. The van der Waals surface area contributed by atoms with Gasteiger partial charge in [-0.3, -0.25) is 9.59 Å². The highest BCUT2D eigenvalue weighted by Gasteiger charge is 2.09. The van der Waals surface area contributed by atoms with E-state index in [0.29, 0.717) is 17.0 Å². The lowest BCUT2D eigenvalue weighted by Gasteiger charge is -2.12. The van der Waals surface area contributed by atoms with Gasteiger partial charge in [0.15, 0.2) is 6.61 Å². The monoisotopic (exact) mass is 285 g/mol. The summed E-state index contributed by atoms with van der Waals surface area (Å²) in [5.41, 5.74) is 0.696. The zero-order valence-electron chi connectivity index (χ0n) is 10.6. The first-order valence-corrected chi connectivity index (χ1v) is 6.20. The van der Waals surface area contributed by atoms with E-state index in [2.05, 4.69) is 10.1 Å². The van der Waals surface area contributed by atoms with Crippen molar-refractivity contribution in [1.29, 1.82) is 0 Å². The summed E-state index contributed by atoms with van der Waals surface area (Å²) in [7, 11) is 0. The van der Waals surface area contributed by atoms with Gasteiger partial charge in [-0.2, -0.15) is 0 Å². The summed E-state index contributed by atoms with van der Waals surface area (Å²) >= 11 is 5.81. The molecule has 0 aliphatic carbocycles. The topological polar surface area (TPSA) is 75.6 Å². The molecule has 6 heteroatoms. The zero-order chi connectivity index (χ0) is 14.3. The number of amides is 1. The van der Waals surface area contributed by atoms with E-state index >= 15 is 0 Å². The third-order valence-corrected chi connectivity index (χ3v) is 2.62. The minimum Gasteiger partial charge on any atom is -0.456 e. The number of carbonyl (C=O) groups excluding carboxylic acids is 2. The summed E-state index contributed by atoms with van der Waals surface area (Å²) in [5.74, 6) is -0.900. The highest BCUT2D eigenvalue weighted by Crippen LogP contribution is 2.19. The Morgan fingerprint density at radius 3 is 2.84 bits per heavy atom. The van der Waals surface area contributed by atoms with E-state index in [0.717, 1.165) is 0 Å². The number of carbonyl (C=O) groups is 2. The van der Waals surface area contributed by atoms with Crippen molar-refractivity contribution in [1.82, 2.24) is 5.32 Å². The molecule has 1 amide bonds. The van der Waals surface area contributed by atoms with Crippen LogP contribution in [0.3, 0.4) is 0 Å². The van der Waals surface area contributed by atoms with E-state index < -0.39 is 18.0 Å². The van der Waals surface area contributed by atoms with Gasteiger partial charge in [-0.15, -0.1) is 0 Å². The standard InChI is InChI=1S/C13H16ClNO4/c1-9(16)19-8-13(18)15-6-5-12(17)10-3-2-4-11(14)7-10/h2-4,7,12,17H,5-6,8H2,1H3,(H,15,18). The van der Waals surface area contributed by atoms with Crippen LogP contribution >= 0.6 is 11.6 Å². The predicted octanol–water partition coefficient (Wildman–Crippen LogP) is 1.44. The number of hydrogen-bond acceptors (Lipinski definition) is 4. The number of hydrogen-bond donors (Lipinski definition) is 2. The minimum atomic E-state index is -0.701. The van der Waals surface area contributed by atoms with Gasteiger partial charge in [0, 0.05) is 18.5 Å². The van der Waals surface area contributed by atoms with Gasteiger partial charge in [-0.1, -0.05) is 23.7 Å². The number of aliphatic hydroxyl groups is 1. The maximum absolute atomic E-state index is 11.2. The van der Waals surface area contributed by atoms with Crippen molar-refractivity contribution in [3.8, 4) is 0 Å². The Morgan fingerprint density at radius 1 is 1.47 bits per heavy atom. The average Bonchev–Trinajstić information content (AvgIpc) is 2.36. The number of halogens is 1. The highest BCUT2D eigenvalue weighted by molar-refractivity contribution is 6.30. The Hall–Kier alpha value is -1.59. The van der Waals surface area contributed by atoms with Crippen molar-refractivity contribution in [2.75, 3.05) is 13.2 Å². The quantitative estimate of drug-likeness (QED) is 0.776. The number of benzene rings is 1. The first-order valence-electron chi connectivity index (χ1n) is 5.82. The number of rotatable bonds is 6. The van der Waals surface area contributed by atoms with E-state index in [1.165, 1.54) is 6.92 Å². The van der Waals surface area contributed by atoms with Crippen molar-refractivity contribution in [2.24, 2.45) is 0 Å². The maximum Gasteiger partial charge on any atom is 0.303 e. The maximum atomic E-state index is 11.2. The molecule has 1 unspecified atom stereocenters. The fourth-order valence-electron chi connectivity index (χ4n) is 1.45. The molecule has 1 aromatic carbocycles. The summed E-state index contributed by atoms with van der Waals surface area (Å²) in [4.78, 5) is 21.7. The Bertz CT molecular complexity index is 450. The minimum absolute atomic E-state index is 0.285. The molecule has 1 rings (SSSR count). The number of nitrogens with one attached hydrogen (secondary N) is 1. The van der Waals surface area contributed by atoms with Crippen molar-refractivity contribution < 1.29 is 19.4 Å². The van der Waals surface area contributed by atoms with Crippen LogP contribution in [0.2, 0.25) is 5.02 Å². The van der Waals surface area contributed by atoms with Gasteiger partial charge in [0.25, 0.3) is 5.91 Å². The van der Waals surface area contributed by atoms with Crippen LogP contribution in [-0.4, -0.2) is 30.1 Å². The normalized spacial score (nSPS) is 11.7.